The average molecular weight is 156 g/mol. The van der Waals surface area contributed by atoms with E-state index in [0.717, 1.165) is 12.3 Å². The summed E-state index contributed by atoms with van der Waals surface area (Å²) in [6, 6.07) is 0. The van der Waals surface area contributed by atoms with Gasteiger partial charge in [-0.3, -0.25) is 0 Å². The van der Waals surface area contributed by atoms with Gasteiger partial charge < -0.3 is 0 Å². The molecule has 11 heavy (non-hydrogen) atoms. The number of rotatable bonds is 1. The average Bonchev–Trinajstić information content (AvgIpc) is 1.83. The van der Waals surface area contributed by atoms with Crippen LogP contribution in [0.15, 0.2) is 0 Å². The second kappa shape index (κ2) is 2.46. The monoisotopic (exact) mass is 156 g/mol. The minimum Gasteiger partial charge on any atom is -0.247 e. The first-order valence-electron chi connectivity index (χ1n) is 4.82. The lowest BCUT2D eigenvalue weighted by Crippen LogP contribution is -2.45. The standard InChI is InChI=1S/C10H17F/c1-6(2)9-5-10(11)8-3-7(9)4-8/h6-10H,3-5H2,1-2H3. The van der Waals surface area contributed by atoms with E-state index in [-0.39, 0.29) is 0 Å². The van der Waals surface area contributed by atoms with Crippen molar-refractivity contribution < 1.29 is 4.39 Å². The van der Waals surface area contributed by atoms with Crippen LogP contribution in [-0.2, 0) is 0 Å². The van der Waals surface area contributed by atoms with Crippen LogP contribution >= 0.6 is 0 Å². The third-order valence-corrected chi connectivity index (χ3v) is 3.68. The van der Waals surface area contributed by atoms with Crippen molar-refractivity contribution in [2.75, 3.05) is 0 Å². The number of hydrogen-bond acceptors (Lipinski definition) is 0. The van der Waals surface area contributed by atoms with E-state index in [0.29, 0.717) is 17.8 Å². The molecule has 2 atom stereocenters. The maximum Gasteiger partial charge on any atom is 0.103 e. The lowest BCUT2D eigenvalue weighted by molar-refractivity contribution is -0.0405. The van der Waals surface area contributed by atoms with E-state index < -0.39 is 6.17 Å². The molecule has 0 heterocycles. The highest BCUT2D eigenvalue weighted by Gasteiger charge is 2.46. The van der Waals surface area contributed by atoms with Gasteiger partial charge in [0.15, 0.2) is 0 Å². The predicted octanol–water partition coefficient (Wildman–Crippen LogP) is 3.03. The Morgan fingerprint density at radius 1 is 1.09 bits per heavy atom. The summed E-state index contributed by atoms with van der Waals surface area (Å²) in [5, 5.41) is 0. The van der Waals surface area contributed by atoms with Gasteiger partial charge >= 0.3 is 0 Å². The normalized spacial score (nSPS) is 49.1. The molecule has 0 N–H and O–H groups in total. The van der Waals surface area contributed by atoms with E-state index >= 15 is 0 Å². The summed E-state index contributed by atoms with van der Waals surface area (Å²) in [4.78, 5) is 0. The molecule has 0 aromatic rings. The Balaban J connectivity index is 2.01. The molecule has 0 aliphatic heterocycles. The van der Waals surface area contributed by atoms with Crippen molar-refractivity contribution in [2.45, 2.75) is 39.3 Å². The van der Waals surface area contributed by atoms with Crippen molar-refractivity contribution in [3.8, 4) is 0 Å². The van der Waals surface area contributed by atoms with Crippen LogP contribution in [-0.4, -0.2) is 6.17 Å². The van der Waals surface area contributed by atoms with Crippen molar-refractivity contribution in [3.63, 3.8) is 0 Å². The van der Waals surface area contributed by atoms with Gasteiger partial charge in [0.1, 0.15) is 6.17 Å². The summed E-state index contributed by atoms with van der Waals surface area (Å²) >= 11 is 0. The Hall–Kier alpha value is -0.0700. The van der Waals surface area contributed by atoms with Crippen molar-refractivity contribution in [2.24, 2.45) is 23.7 Å². The topological polar surface area (TPSA) is 0 Å². The first kappa shape index (κ1) is 7.57. The first-order valence-corrected chi connectivity index (χ1v) is 4.82. The third-order valence-electron chi connectivity index (χ3n) is 3.68. The third kappa shape index (κ3) is 1.09. The molecule has 3 saturated carbocycles. The van der Waals surface area contributed by atoms with E-state index in [1.165, 1.54) is 12.8 Å². The van der Waals surface area contributed by atoms with Gasteiger partial charge in [-0.05, 0) is 42.9 Å². The van der Waals surface area contributed by atoms with E-state index in [1.807, 2.05) is 0 Å². The van der Waals surface area contributed by atoms with Crippen LogP contribution in [0.3, 0.4) is 0 Å². The van der Waals surface area contributed by atoms with E-state index in [1.54, 1.807) is 0 Å². The van der Waals surface area contributed by atoms with E-state index in [2.05, 4.69) is 13.8 Å². The Bertz CT molecular complexity index is 147. The Morgan fingerprint density at radius 2 is 1.73 bits per heavy atom. The van der Waals surface area contributed by atoms with Gasteiger partial charge in [-0.2, -0.15) is 0 Å². The molecule has 2 unspecified atom stereocenters. The Labute approximate surface area is 68.2 Å². The van der Waals surface area contributed by atoms with Crippen LogP contribution < -0.4 is 0 Å². The molecular formula is C10H17F. The van der Waals surface area contributed by atoms with E-state index in [9.17, 15) is 4.39 Å². The summed E-state index contributed by atoms with van der Waals surface area (Å²) < 4.78 is 13.2. The van der Waals surface area contributed by atoms with Crippen LogP contribution in [0.25, 0.3) is 0 Å². The summed E-state index contributed by atoms with van der Waals surface area (Å²) in [7, 11) is 0. The summed E-state index contributed by atoms with van der Waals surface area (Å²) in [6.45, 7) is 4.46. The predicted molar refractivity (Wildman–Crippen MR) is 44.1 cm³/mol. The zero-order valence-corrected chi connectivity index (χ0v) is 7.39. The molecular weight excluding hydrogens is 139 g/mol. The highest BCUT2D eigenvalue weighted by Crippen LogP contribution is 2.52. The quantitative estimate of drug-likeness (QED) is 0.547. The van der Waals surface area contributed by atoms with Crippen molar-refractivity contribution in [1.29, 1.82) is 0 Å². The minimum atomic E-state index is -0.465. The van der Waals surface area contributed by atoms with Gasteiger partial charge in [0, 0.05) is 0 Å². The number of hydrogen-bond donors (Lipinski definition) is 0. The fourth-order valence-electron chi connectivity index (χ4n) is 2.82. The zero-order chi connectivity index (χ0) is 8.01. The van der Waals surface area contributed by atoms with Crippen molar-refractivity contribution in [1.82, 2.24) is 0 Å². The highest BCUT2D eigenvalue weighted by molar-refractivity contribution is 4.96. The first-order chi connectivity index (χ1) is 5.18. The molecule has 3 aliphatic carbocycles. The maximum absolute atomic E-state index is 13.2. The molecule has 3 aliphatic rings. The molecule has 2 bridgehead atoms. The van der Waals surface area contributed by atoms with E-state index in [4.69, 9.17) is 0 Å². The number of fused-ring (bicyclic) bond motifs is 2. The molecule has 0 radical (unpaired) electrons. The van der Waals surface area contributed by atoms with Crippen LogP contribution in [0, 0.1) is 23.7 Å². The molecule has 0 amide bonds. The van der Waals surface area contributed by atoms with Crippen molar-refractivity contribution >= 4 is 0 Å². The molecule has 0 nitrogen and oxygen atoms in total. The highest BCUT2D eigenvalue weighted by atomic mass is 19.1. The SMILES string of the molecule is CC(C)C1CC(F)C2CC1C2. The zero-order valence-electron chi connectivity index (χ0n) is 7.39. The molecule has 1 heteroatoms. The summed E-state index contributed by atoms with van der Waals surface area (Å²) in [5.74, 6) is 2.72. The van der Waals surface area contributed by atoms with Gasteiger partial charge in [0.05, 0.1) is 0 Å². The van der Waals surface area contributed by atoms with Crippen LogP contribution in [0.2, 0.25) is 0 Å². The molecule has 0 aromatic heterocycles. The fraction of sp³-hybridized carbons (Fsp3) is 1.00. The molecule has 0 saturated heterocycles. The maximum atomic E-state index is 13.2. The van der Waals surface area contributed by atoms with Crippen molar-refractivity contribution in [3.05, 3.63) is 0 Å². The van der Waals surface area contributed by atoms with Crippen LogP contribution in [0.4, 0.5) is 4.39 Å². The largest absolute Gasteiger partial charge is 0.247 e. The summed E-state index contributed by atoms with van der Waals surface area (Å²) in [6.07, 6.45) is 2.76. The number of alkyl halides is 1. The van der Waals surface area contributed by atoms with Gasteiger partial charge in [0.25, 0.3) is 0 Å². The van der Waals surface area contributed by atoms with Crippen LogP contribution in [0.5, 0.6) is 0 Å². The van der Waals surface area contributed by atoms with Gasteiger partial charge in [-0.15, -0.1) is 0 Å². The smallest absolute Gasteiger partial charge is 0.103 e. The van der Waals surface area contributed by atoms with Crippen LogP contribution in [0.1, 0.15) is 33.1 Å². The lowest BCUT2D eigenvalue weighted by atomic mass is 9.57. The Morgan fingerprint density at radius 3 is 2.09 bits per heavy atom. The van der Waals surface area contributed by atoms with Gasteiger partial charge in [-0.1, -0.05) is 13.8 Å². The summed E-state index contributed by atoms with van der Waals surface area (Å²) in [5.41, 5.74) is 0. The second-order valence-corrected chi connectivity index (χ2v) is 4.65. The molecule has 0 aromatic carbocycles. The molecule has 0 spiro atoms. The molecule has 3 rings (SSSR count). The molecule has 64 valence electrons. The minimum absolute atomic E-state index is 0.454. The molecule has 3 fully saturated rings. The van der Waals surface area contributed by atoms with Gasteiger partial charge in [-0.25, -0.2) is 4.39 Å². The number of halogens is 1. The van der Waals surface area contributed by atoms with Gasteiger partial charge in [0.2, 0.25) is 0 Å². The Kier molecular flexibility index (Phi) is 1.70. The second-order valence-electron chi connectivity index (χ2n) is 4.65. The fourth-order valence-corrected chi connectivity index (χ4v) is 2.82. The lowest BCUT2D eigenvalue weighted by Gasteiger charge is -2.50.